The Balaban J connectivity index is 2.15. The van der Waals surface area contributed by atoms with Crippen molar-refractivity contribution >= 4 is 28.8 Å². The van der Waals surface area contributed by atoms with Gasteiger partial charge in [0.15, 0.2) is 5.82 Å². The monoisotopic (exact) mass is 275 g/mol. The highest BCUT2D eigenvalue weighted by molar-refractivity contribution is 7.80. The van der Waals surface area contributed by atoms with Gasteiger partial charge in [0.05, 0.1) is 11.8 Å². The molecule has 0 atom stereocenters. The van der Waals surface area contributed by atoms with Crippen LogP contribution in [-0.4, -0.2) is 15.9 Å². The van der Waals surface area contributed by atoms with Gasteiger partial charge in [0.2, 0.25) is 0 Å². The van der Waals surface area contributed by atoms with E-state index < -0.39 is 11.7 Å². The highest BCUT2D eigenvalue weighted by atomic mass is 32.1. The Labute approximate surface area is 114 Å². The van der Waals surface area contributed by atoms with Gasteiger partial charge in [-0.2, -0.15) is 0 Å². The number of thiocarbonyl (C=S) groups is 1. The van der Waals surface area contributed by atoms with Crippen LogP contribution < -0.4 is 11.1 Å². The fourth-order valence-electron chi connectivity index (χ4n) is 1.48. The number of pyridine rings is 1. The largest absolute Gasteiger partial charge is 0.389 e. The topological polar surface area (TPSA) is 68.0 Å². The predicted octanol–water partition coefficient (Wildman–Crippen LogP) is 2.11. The average Bonchev–Trinajstić information content (AvgIpc) is 2.39. The van der Waals surface area contributed by atoms with E-state index in [1.807, 2.05) is 0 Å². The normalized spacial score (nSPS) is 9.95. The molecule has 1 aromatic carbocycles. The molecule has 0 spiro atoms. The lowest BCUT2D eigenvalue weighted by Crippen LogP contribution is -2.14. The molecule has 0 fully saturated rings. The average molecular weight is 275 g/mol. The molecule has 3 N–H and O–H groups in total. The molecular formula is C13H10FN3OS. The molecule has 1 heterocycles. The molecule has 6 heteroatoms. The van der Waals surface area contributed by atoms with Crippen molar-refractivity contribution in [3.63, 3.8) is 0 Å². The molecule has 2 aromatic rings. The molecule has 19 heavy (non-hydrogen) atoms. The lowest BCUT2D eigenvalue weighted by molar-refractivity contribution is 0.102. The second kappa shape index (κ2) is 5.53. The molecule has 0 bridgehead atoms. The molecule has 2 rings (SSSR count). The van der Waals surface area contributed by atoms with Crippen molar-refractivity contribution in [1.29, 1.82) is 0 Å². The van der Waals surface area contributed by atoms with E-state index in [9.17, 15) is 9.18 Å². The summed E-state index contributed by atoms with van der Waals surface area (Å²) >= 11 is 4.82. The van der Waals surface area contributed by atoms with Crippen LogP contribution in [-0.2, 0) is 0 Å². The minimum absolute atomic E-state index is 0.0616. The summed E-state index contributed by atoms with van der Waals surface area (Å²) in [6.07, 6.45) is 2.35. The second-order valence-electron chi connectivity index (χ2n) is 3.75. The molecule has 0 saturated heterocycles. The van der Waals surface area contributed by atoms with Gasteiger partial charge in [-0.25, -0.2) is 4.39 Å². The standard InChI is InChI=1S/C13H10FN3OS/c14-11-7-16-6-5-10(11)13(18)17-9-3-1-8(2-4-9)12(15)19/h1-7H,(H2,15,19)(H,17,18). The van der Waals surface area contributed by atoms with Crippen molar-refractivity contribution in [2.24, 2.45) is 5.73 Å². The van der Waals surface area contributed by atoms with Gasteiger partial charge in [-0.15, -0.1) is 0 Å². The zero-order valence-corrected chi connectivity index (χ0v) is 10.6. The summed E-state index contributed by atoms with van der Waals surface area (Å²) in [5.41, 5.74) is 6.63. The maximum atomic E-state index is 13.4. The zero-order chi connectivity index (χ0) is 13.8. The quantitative estimate of drug-likeness (QED) is 0.842. The molecule has 0 aliphatic carbocycles. The Morgan fingerprint density at radius 3 is 2.53 bits per heavy atom. The number of hydrogen-bond acceptors (Lipinski definition) is 3. The van der Waals surface area contributed by atoms with Crippen molar-refractivity contribution in [1.82, 2.24) is 4.98 Å². The maximum absolute atomic E-state index is 13.4. The Hall–Kier alpha value is -2.34. The Morgan fingerprint density at radius 2 is 1.95 bits per heavy atom. The number of carbonyl (C=O) groups is 1. The van der Waals surface area contributed by atoms with Crippen LogP contribution in [0.4, 0.5) is 10.1 Å². The first kappa shape index (κ1) is 13.1. The van der Waals surface area contributed by atoms with Gasteiger partial charge in [0.1, 0.15) is 4.99 Å². The number of nitrogens with one attached hydrogen (secondary N) is 1. The van der Waals surface area contributed by atoms with Crippen LogP contribution in [0.2, 0.25) is 0 Å². The lowest BCUT2D eigenvalue weighted by Gasteiger charge is -2.06. The molecule has 0 radical (unpaired) electrons. The molecule has 0 saturated carbocycles. The third kappa shape index (κ3) is 3.11. The van der Waals surface area contributed by atoms with E-state index in [0.717, 1.165) is 6.20 Å². The number of benzene rings is 1. The highest BCUT2D eigenvalue weighted by Gasteiger charge is 2.11. The molecule has 0 aliphatic rings. The van der Waals surface area contributed by atoms with Crippen molar-refractivity contribution in [2.75, 3.05) is 5.32 Å². The van der Waals surface area contributed by atoms with E-state index in [4.69, 9.17) is 18.0 Å². The van der Waals surface area contributed by atoms with Crippen LogP contribution in [0.1, 0.15) is 15.9 Å². The number of rotatable bonds is 3. The van der Waals surface area contributed by atoms with Crippen LogP contribution in [0.5, 0.6) is 0 Å². The summed E-state index contributed by atoms with van der Waals surface area (Å²) in [4.78, 5) is 15.7. The third-order valence-electron chi connectivity index (χ3n) is 2.44. The first-order valence-electron chi connectivity index (χ1n) is 5.38. The minimum Gasteiger partial charge on any atom is -0.389 e. The summed E-state index contributed by atoms with van der Waals surface area (Å²) in [5, 5.41) is 2.57. The SMILES string of the molecule is NC(=S)c1ccc(NC(=O)c2ccncc2F)cc1. The number of hydrogen-bond donors (Lipinski definition) is 2. The summed E-state index contributed by atoms with van der Waals surface area (Å²) in [6, 6.07) is 7.97. The number of carbonyl (C=O) groups excluding carboxylic acids is 1. The zero-order valence-electron chi connectivity index (χ0n) is 9.76. The summed E-state index contributed by atoms with van der Waals surface area (Å²) < 4.78 is 13.4. The van der Waals surface area contributed by atoms with Gasteiger partial charge in [0, 0.05) is 17.4 Å². The molecule has 0 unspecified atom stereocenters. The van der Waals surface area contributed by atoms with E-state index in [2.05, 4.69) is 10.3 Å². The van der Waals surface area contributed by atoms with Crippen LogP contribution in [0.15, 0.2) is 42.7 Å². The molecular weight excluding hydrogens is 265 g/mol. The third-order valence-corrected chi connectivity index (χ3v) is 2.68. The lowest BCUT2D eigenvalue weighted by atomic mass is 10.2. The van der Waals surface area contributed by atoms with E-state index in [1.54, 1.807) is 24.3 Å². The van der Waals surface area contributed by atoms with Crippen LogP contribution in [0, 0.1) is 5.82 Å². The first-order chi connectivity index (χ1) is 9.08. The predicted molar refractivity (Wildman–Crippen MR) is 74.5 cm³/mol. The smallest absolute Gasteiger partial charge is 0.258 e. The number of amides is 1. The summed E-state index contributed by atoms with van der Waals surface area (Å²) in [5.74, 6) is -1.21. The van der Waals surface area contributed by atoms with Crippen LogP contribution >= 0.6 is 12.2 Å². The number of halogens is 1. The summed E-state index contributed by atoms with van der Waals surface area (Å²) in [7, 11) is 0. The van der Waals surface area contributed by atoms with Gasteiger partial charge in [-0.3, -0.25) is 9.78 Å². The van der Waals surface area contributed by atoms with Gasteiger partial charge in [-0.05, 0) is 30.3 Å². The Morgan fingerprint density at radius 1 is 1.26 bits per heavy atom. The number of nitrogens with two attached hydrogens (primary N) is 1. The van der Waals surface area contributed by atoms with E-state index in [1.165, 1.54) is 12.3 Å². The maximum Gasteiger partial charge on any atom is 0.258 e. The Kier molecular flexibility index (Phi) is 3.82. The minimum atomic E-state index is -0.667. The van der Waals surface area contributed by atoms with Crippen molar-refractivity contribution in [3.8, 4) is 0 Å². The van der Waals surface area contributed by atoms with E-state index in [0.29, 0.717) is 11.3 Å². The number of anilines is 1. The van der Waals surface area contributed by atoms with Gasteiger partial charge < -0.3 is 11.1 Å². The molecule has 0 aliphatic heterocycles. The fourth-order valence-corrected chi connectivity index (χ4v) is 1.61. The van der Waals surface area contributed by atoms with Gasteiger partial charge >= 0.3 is 0 Å². The first-order valence-corrected chi connectivity index (χ1v) is 5.79. The number of aromatic nitrogens is 1. The molecule has 96 valence electrons. The molecule has 4 nitrogen and oxygen atoms in total. The fraction of sp³-hybridized carbons (Fsp3) is 0. The molecule has 1 amide bonds. The van der Waals surface area contributed by atoms with E-state index in [-0.39, 0.29) is 10.6 Å². The summed E-state index contributed by atoms with van der Waals surface area (Å²) in [6.45, 7) is 0. The van der Waals surface area contributed by atoms with Gasteiger partial charge in [0.25, 0.3) is 5.91 Å². The van der Waals surface area contributed by atoms with E-state index >= 15 is 0 Å². The van der Waals surface area contributed by atoms with Gasteiger partial charge in [-0.1, -0.05) is 12.2 Å². The number of nitrogens with zero attached hydrogens (tertiary/aromatic N) is 1. The second-order valence-corrected chi connectivity index (χ2v) is 4.19. The Bertz CT molecular complexity index is 628. The highest BCUT2D eigenvalue weighted by Crippen LogP contribution is 2.12. The van der Waals surface area contributed by atoms with Crippen molar-refractivity contribution in [2.45, 2.75) is 0 Å². The molecule has 1 aromatic heterocycles. The van der Waals surface area contributed by atoms with Crippen molar-refractivity contribution < 1.29 is 9.18 Å². The van der Waals surface area contributed by atoms with Crippen LogP contribution in [0.3, 0.4) is 0 Å². The van der Waals surface area contributed by atoms with Crippen molar-refractivity contribution in [3.05, 3.63) is 59.7 Å². The van der Waals surface area contributed by atoms with Crippen LogP contribution in [0.25, 0.3) is 0 Å².